The number of aryl methyl sites for hydroxylation is 1. The first-order chi connectivity index (χ1) is 8.19. The van der Waals surface area contributed by atoms with Gasteiger partial charge in [-0.15, -0.1) is 0 Å². The maximum Gasteiger partial charge on any atom is 0.260 e. The van der Waals surface area contributed by atoms with Crippen molar-refractivity contribution >= 4 is 23.4 Å². The summed E-state index contributed by atoms with van der Waals surface area (Å²) in [5, 5.41) is 4.47. The Hall–Kier alpha value is -0.970. The Morgan fingerprint density at radius 3 is 2.88 bits per heavy atom. The van der Waals surface area contributed by atoms with Gasteiger partial charge in [-0.3, -0.25) is 0 Å². The van der Waals surface area contributed by atoms with Crippen molar-refractivity contribution < 1.29 is 4.42 Å². The Kier molecular flexibility index (Phi) is 4.10. The minimum Gasteiger partial charge on any atom is -0.439 e. The maximum atomic E-state index is 6.18. The standard InChI is InChI=1S/C12H13ClN2OS/c1-8-7-16-12(15-8)17-10-4-3-9(6-14-2)11(13)5-10/h3-5,7,14H,6H2,1-2H3. The van der Waals surface area contributed by atoms with Crippen molar-refractivity contribution in [3.05, 3.63) is 40.7 Å². The van der Waals surface area contributed by atoms with Crippen LogP contribution in [0.5, 0.6) is 0 Å². The van der Waals surface area contributed by atoms with Crippen molar-refractivity contribution in [2.75, 3.05) is 7.05 Å². The van der Waals surface area contributed by atoms with Crippen LogP contribution in [0.3, 0.4) is 0 Å². The van der Waals surface area contributed by atoms with E-state index in [4.69, 9.17) is 16.0 Å². The van der Waals surface area contributed by atoms with Gasteiger partial charge in [-0.1, -0.05) is 17.7 Å². The third-order valence-electron chi connectivity index (χ3n) is 2.19. The number of rotatable bonds is 4. The molecule has 1 heterocycles. The quantitative estimate of drug-likeness (QED) is 0.921. The molecule has 0 aliphatic carbocycles. The zero-order chi connectivity index (χ0) is 12.3. The van der Waals surface area contributed by atoms with E-state index < -0.39 is 0 Å². The van der Waals surface area contributed by atoms with Crippen LogP contribution >= 0.6 is 23.4 Å². The fourth-order valence-corrected chi connectivity index (χ4v) is 2.52. The van der Waals surface area contributed by atoms with Gasteiger partial charge in [0, 0.05) is 16.5 Å². The molecule has 0 bridgehead atoms. The highest BCUT2D eigenvalue weighted by molar-refractivity contribution is 7.99. The molecular formula is C12H13ClN2OS. The van der Waals surface area contributed by atoms with Crippen molar-refractivity contribution in [2.24, 2.45) is 0 Å². The summed E-state index contributed by atoms with van der Waals surface area (Å²) in [5.41, 5.74) is 1.97. The first-order valence-electron chi connectivity index (χ1n) is 5.22. The molecular weight excluding hydrogens is 256 g/mol. The largest absolute Gasteiger partial charge is 0.439 e. The van der Waals surface area contributed by atoms with E-state index >= 15 is 0 Å². The second-order valence-corrected chi connectivity index (χ2v) is 5.07. The average Bonchev–Trinajstić information content (AvgIpc) is 2.68. The molecule has 0 radical (unpaired) electrons. The van der Waals surface area contributed by atoms with Crippen LogP contribution in [-0.2, 0) is 6.54 Å². The predicted molar refractivity (Wildman–Crippen MR) is 69.6 cm³/mol. The molecule has 0 unspecified atom stereocenters. The highest BCUT2D eigenvalue weighted by atomic mass is 35.5. The zero-order valence-electron chi connectivity index (χ0n) is 9.66. The Morgan fingerprint density at radius 2 is 2.29 bits per heavy atom. The SMILES string of the molecule is CNCc1ccc(Sc2nc(C)co2)cc1Cl. The number of aromatic nitrogens is 1. The summed E-state index contributed by atoms with van der Waals surface area (Å²) in [4.78, 5) is 5.26. The lowest BCUT2D eigenvalue weighted by Crippen LogP contribution is -2.05. The first-order valence-corrected chi connectivity index (χ1v) is 6.41. The summed E-state index contributed by atoms with van der Waals surface area (Å²) < 4.78 is 5.28. The van der Waals surface area contributed by atoms with Crippen molar-refractivity contribution in [1.29, 1.82) is 0 Å². The fraction of sp³-hybridized carbons (Fsp3) is 0.250. The molecule has 0 spiro atoms. The third kappa shape index (κ3) is 3.25. The van der Waals surface area contributed by atoms with Crippen molar-refractivity contribution in [3.8, 4) is 0 Å². The van der Waals surface area contributed by atoms with Crippen LogP contribution in [0.15, 0.2) is 39.0 Å². The van der Waals surface area contributed by atoms with Gasteiger partial charge in [0.1, 0.15) is 6.26 Å². The zero-order valence-corrected chi connectivity index (χ0v) is 11.2. The molecule has 0 aliphatic rings. The van der Waals surface area contributed by atoms with Gasteiger partial charge in [0.2, 0.25) is 0 Å². The molecule has 3 nitrogen and oxygen atoms in total. The van der Waals surface area contributed by atoms with Crippen LogP contribution in [0.2, 0.25) is 5.02 Å². The molecule has 17 heavy (non-hydrogen) atoms. The van der Waals surface area contributed by atoms with Gasteiger partial charge >= 0.3 is 0 Å². The molecule has 2 rings (SSSR count). The molecule has 0 amide bonds. The van der Waals surface area contributed by atoms with E-state index in [0.717, 1.165) is 27.7 Å². The molecule has 0 saturated carbocycles. The Balaban J connectivity index is 2.14. The molecule has 1 aromatic carbocycles. The van der Waals surface area contributed by atoms with Gasteiger partial charge in [-0.25, -0.2) is 4.98 Å². The second kappa shape index (κ2) is 5.58. The van der Waals surface area contributed by atoms with Gasteiger partial charge in [0.05, 0.1) is 5.69 Å². The van der Waals surface area contributed by atoms with Gasteiger partial charge in [-0.05, 0) is 43.4 Å². The Morgan fingerprint density at radius 1 is 1.47 bits per heavy atom. The summed E-state index contributed by atoms with van der Waals surface area (Å²) in [5.74, 6) is 0. The summed E-state index contributed by atoms with van der Waals surface area (Å²) in [6.45, 7) is 2.67. The summed E-state index contributed by atoms with van der Waals surface area (Å²) >= 11 is 7.64. The van der Waals surface area contributed by atoms with E-state index in [1.165, 1.54) is 11.8 Å². The smallest absolute Gasteiger partial charge is 0.260 e. The van der Waals surface area contributed by atoms with Gasteiger partial charge in [-0.2, -0.15) is 0 Å². The maximum absolute atomic E-state index is 6.18. The monoisotopic (exact) mass is 268 g/mol. The molecule has 90 valence electrons. The van der Waals surface area contributed by atoms with Crippen molar-refractivity contribution in [3.63, 3.8) is 0 Å². The number of hydrogen-bond acceptors (Lipinski definition) is 4. The van der Waals surface area contributed by atoms with Gasteiger partial charge in [0.15, 0.2) is 0 Å². The molecule has 0 saturated heterocycles. The second-order valence-electron chi connectivity index (χ2n) is 3.64. The van der Waals surface area contributed by atoms with E-state index in [0.29, 0.717) is 5.22 Å². The molecule has 0 atom stereocenters. The molecule has 2 aromatic rings. The number of oxazole rings is 1. The third-order valence-corrected chi connectivity index (χ3v) is 3.40. The highest BCUT2D eigenvalue weighted by Gasteiger charge is 2.06. The predicted octanol–water partition coefficient (Wildman–Crippen LogP) is 3.51. The van der Waals surface area contributed by atoms with Crippen LogP contribution in [0, 0.1) is 6.92 Å². The van der Waals surface area contributed by atoms with Gasteiger partial charge in [0.25, 0.3) is 5.22 Å². The lowest BCUT2D eigenvalue weighted by atomic mass is 10.2. The summed E-state index contributed by atoms with van der Waals surface area (Å²) in [7, 11) is 1.90. The van der Waals surface area contributed by atoms with Crippen LogP contribution in [0.1, 0.15) is 11.3 Å². The average molecular weight is 269 g/mol. The van der Waals surface area contributed by atoms with Gasteiger partial charge < -0.3 is 9.73 Å². The summed E-state index contributed by atoms with van der Waals surface area (Å²) in [6, 6.07) is 5.96. The molecule has 1 aromatic heterocycles. The topological polar surface area (TPSA) is 38.1 Å². The van der Waals surface area contributed by atoms with E-state index in [1.54, 1.807) is 6.26 Å². The van der Waals surface area contributed by atoms with Crippen LogP contribution in [0.4, 0.5) is 0 Å². The van der Waals surface area contributed by atoms with E-state index in [1.807, 2.05) is 32.2 Å². The molecule has 1 N–H and O–H groups in total. The first kappa shape index (κ1) is 12.5. The van der Waals surface area contributed by atoms with E-state index in [2.05, 4.69) is 10.3 Å². The number of nitrogens with one attached hydrogen (secondary N) is 1. The number of hydrogen-bond donors (Lipinski definition) is 1. The molecule has 5 heteroatoms. The highest BCUT2D eigenvalue weighted by Crippen LogP contribution is 2.30. The van der Waals surface area contributed by atoms with Crippen molar-refractivity contribution in [1.82, 2.24) is 10.3 Å². The number of benzene rings is 1. The van der Waals surface area contributed by atoms with Crippen LogP contribution in [0.25, 0.3) is 0 Å². The lowest BCUT2D eigenvalue weighted by molar-refractivity contribution is 0.454. The minimum absolute atomic E-state index is 0.639. The number of nitrogens with zero attached hydrogens (tertiary/aromatic N) is 1. The van der Waals surface area contributed by atoms with E-state index in [-0.39, 0.29) is 0 Å². The normalized spacial score (nSPS) is 10.8. The number of halogens is 1. The Labute approximate surface area is 110 Å². The minimum atomic E-state index is 0.639. The van der Waals surface area contributed by atoms with Crippen LogP contribution in [-0.4, -0.2) is 12.0 Å². The Bertz CT molecular complexity index is 513. The van der Waals surface area contributed by atoms with Crippen LogP contribution < -0.4 is 5.32 Å². The molecule has 0 fully saturated rings. The fourth-order valence-electron chi connectivity index (χ4n) is 1.41. The lowest BCUT2D eigenvalue weighted by Gasteiger charge is -2.04. The molecule has 0 aliphatic heterocycles. The van der Waals surface area contributed by atoms with Crippen molar-refractivity contribution in [2.45, 2.75) is 23.6 Å². The van der Waals surface area contributed by atoms with E-state index in [9.17, 15) is 0 Å². The summed E-state index contributed by atoms with van der Waals surface area (Å²) in [6.07, 6.45) is 1.64.